The summed E-state index contributed by atoms with van der Waals surface area (Å²) >= 11 is 6.40. The van der Waals surface area contributed by atoms with Crippen molar-refractivity contribution in [1.29, 1.82) is 0 Å². The van der Waals surface area contributed by atoms with E-state index in [-0.39, 0.29) is 5.91 Å². The molecule has 0 aliphatic carbocycles. The fourth-order valence-corrected chi connectivity index (χ4v) is 3.91. The van der Waals surface area contributed by atoms with E-state index < -0.39 is 0 Å². The van der Waals surface area contributed by atoms with Crippen LogP contribution in [0.15, 0.2) is 72.8 Å². The highest BCUT2D eigenvalue weighted by atomic mass is 35.5. The lowest BCUT2D eigenvalue weighted by atomic mass is 10.1. The quantitative estimate of drug-likeness (QED) is 0.366. The molecule has 0 bridgehead atoms. The Hall–Kier alpha value is -3.77. The molecule has 1 amide bonds. The van der Waals surface area contributed by atoms with Gasteiger partial charge in [-0.3, -0.25) is 4.79 Å². The third kappa shape index (κ3) is 5.07. The Morgan fingerprint density at radius 2 is 1.71 bits per heavy atom. The second-order valence-corrected chi connectivity index (χ2v) is 8.24. The van der Waals surface area contributed by atoms with Gasteiger partial charge in [0, 0.05) is 12.1 Å². The Bertz CT molecular complexity index is 1300. The maximum atomic E-state index is 13.2. The van der Waals surface area contributed by atoms with Crippen LogP contribution < -0.4 is 14.8 Å². The molecule has 0 aliphatic rings. The molecule has 7 heteroatoms. The Morgan fingerprint density at radius 3 is 2.41 bits per heavy atom. The van der Waals surface area contributed by atoms with Crippen molar-refractivity contribution < 1.29 is 14.3 Å². The van der Waals surface area contributed by atoms with E-state index in [1.54, 1.807) is 25.0 Å². The first-order chi connectivity index (χ1) is 16.5. The van der Waals surface area contributed by atoms with Crippen LogP contribution in [0.2, 0.25) is 5.02 Å². The second kappa shape index (κ2) is 10.4. The largest absolute Gasteiger partial charge is 0.493 e. The molecule has 0 saturated heterocycles. The number of aryl methyl sites for hydroxylation is 1. The van der Waals surface area contributed by atoms with Gasteiger partial charge >= 0.3 is 0 Å². The maximum Gasteiger partial charge on any atom is 0.270 e. The van der Waals surface area contributed by atoms with E-state index in [1.165, 1.54) is 0 Å². The summed E-state index contributed by atoms with van der Waals surface area (Å²) in [6.45, 7) is 2.47. The van der Waals surface area contributed by atoms with Gasteiger partial charge in [0.05, 0.1) is 30.6 Å². The molecule has 1 heterocycles. The van der Waals surface area contributed by atoms with Gasteiger partial charge < -0.3 is 14.8 Å². The maximum absolute atomic E-state index is 13.2. The van der Waals surface area contributed by atoms with E-state index in [4.69, 9.17) is 26.2 Å². The van der Waals surface area contributed by atoms with Crippen LogP contribution in [0, 0.1) is 6.92 Å². The molecule has 4 rings (SSSR count). The first-order valence-electron chi connectivity index (χ1n) is 10.9. The summed E-state index contributed by atoms with van der Waals surface area (Å²) in [4.78, 5) is 13.2. The number of ether oxygens (including phenoxy) is 2. The van der Waals surface area contributed by atoms with E-state index in [1.807, 2.05) is 73.7 Å². The van der Waals surface area contributed by atoms with Gasteiger partial charge in [-0.1, -0.05) is 53.6 Å². The highest BCUT2D eigenvalue weighted by molar-refractivity contribution is 6.33. The van der Waals surface area contributed by atoms with Gasteiger partial charge in [-0.25, -0.2) is 4.68 Å². The van der Waals surface area contributed by atoms with Crippen molar-refractivity contribution in [2.75, 3.05) is 20.8 Å². The SMILES string of the molecule is COc1ccc(CCNC(=O)c2cc(-c3ccccc3Cl)nn2-c2ccc(C)cc2)cc1OC. The minimum absolute atomic E-state index is 0.216. The van der Waals surface area contributed by atoms with Gasteiger partial charge in [-0.2, -0.15) is 5.10 Å². The van der Waals surface area contributed by atoms with Gasteiger partial charge in [-0.15, -0.1) is 0 Å². The highest BCUT2D eigenvalue weighted by Crippen LogP contribution is 2.29. The normalized spacial score (nSPS) is 10.7. The fourth-order valence-electron chi connectivity index (χ4n) is 3.67. The first kappa shape index (κ1) is 23.4. The monoisotopic (exact) mass is 475 g/mol. The van der Waals surface area contributed by atoms with Crippen molar-refractivity contribution >= 4 is 17.5 Å². The molecular formula is C27H26ClN3O3. The van der Waals surface area contributed by atoms with E-state index in [2.05, 4.69) is 5.32 Å². The number of hydrogen-bond donors (Lipinski definition) is 1. The van der Waals surface area contributed by atoms with Gasteiger partial charge in [0.15, 0.2) is 11.5 Å². The Balaban J connectivity index is 1.57. The van der Waals surface area contributed by atoms with Crippen molar-refractivity contribution in [1.82, 2.24) is 15.1 Å². The summed E-state index contributed by atoms with van der Waals surface area (Å²) in [5.74, 6) is 1.12. The van der Waals surface area contributed by atoms with Crippen LogP contribution in [0.5, 0.6) is 11.5 Å². The molecule has 174 valence electrons. The van der Waals surface area contributed by atoms with E-state index in [9.17, 15) is 4.79 Å². The summed E-state index contributed by atoms with van der Waals surface area (Å²) in [7, 11) is 3.21. The van der Waals surface area contributed by atoms with Crippen LogP contribution in [0.1, 0.15) is 21.6 Å². The Kier molecular flexibility index (Phi) is 7.18. The van der Waals surface area contributed by atoms with Crippen LogP contribution in [0.25, 0.3) is 16.9 Å². The van der Waals surface area contributed by atoms with Crippen LogP contribution in [0.3, 0.4) is 0 Å². The first-order valence-corrected chi connectivity index (χ1v) is 11.3. The van der Waals surface area contributed by atoms with Crippen molar-refractivity contribution in [3.63, 3.8) is 0 Å². The molecule has 6 nitrogen and oxygen atoms in total. The number of halogens is 1. The van der Waals surface area contributed by atoms with Crippen LogP contribution in [0.4, 0.5) is 0 Å². The molecular weight excluding hydrogens is 450 g/mol. The molecule has 0 spiro atoms. The number of aromatic nitrogens is 2. The minimum Gasteiger partial charge on any atom is -0.493 e. The van der Waals surface area contributed by atoms with Gasteiger partial charge in [0.1, 0.15) is 5.69 Å². The number of methoxy groups -OCH3 is 2. The van der Waals surface area contributed by atoms with E-state index in [0.717, 1.165) is 22.4 Å². The topological polar surface area (TPSA) is 65.4 Å². The molecule has 0 radical (unpaired) electrons. The molecule has 1 aromatic heterocycles. The average molecular weight is 476 g/mol. The number of carbonyl (C=O) groups excluding carboxylic acids is 1. The summed E-state index contributed by atoms with van der Waals surface area (Å²) in [5.41, 5.74) is 4.80. The summed E-state index contributed by atoms with van der Waals surface area (Å²) in [5, 5.41) is 8.30. The molecule has 0 atom stereocenters. The van der Waals surface area contributed by atoms with Crippen LogP contribution in [-0.4, -0.2) is 36.5 Å². The predicted octanol–water partition coefficient (Wildman–Crippen LogP) is 5.49. The summed E-state index contributed by atoms with van der Waals surface area (Å²) in [6.07, 6.45) is 0.641. The molecule has 34 heavy (non-hydrogen) atoms. The van der Waals surface area contributed by atoms with E-state index >= 15 is 0 Å². The third-order valence-corrected chi connectivity index (χ3v) is 5.85. The molecule has 0 saturated carbocycles. The zero-order valence-corrected chi connectivity index (χ0v) is 20.1. The number of amides is 1. The number of nitrogens with zero attached hydrogens (tertiary/aromatic N) is 2. The predicted molar refractivity (Wildman–Crippen MR) is 134 cm³/mol. The lowest BCUT2D eigenvalue weighted by Gasteiger charge is -2.11. The highest BCUT2D eigenvalue weighted by Gasteiger charge is 2.18. The number of hydrogen-bond acceptors (Lipinski definition) is 4. The van der Waals surface area contributed by atoms with Crippen molar-refractivity contribution in [2.45, 2.75) is 13.3 Å². The Labute approximate surface area is 204 Å². The van der Waals surface area contributed by atoms with Crippen molar-refractivity contribution in [2.24, 2.45) is 0 Å². The molecule has 3 aromatic carbocycles. The molecule has 0 aliphatic heterocycles. The number of nitrogens with one attached hydrogen (secondary N) is 1. The molecule has 4 aromatic rings. The Morgan fingerprint density at radius 1 is 0.971 bits per heavy atom. The smallest absolute Gasteiger partial charge is 0.270 e. The van der Waals surface area contributed by atoms with Gasteiger partial charge in [0.25, 0.3) is 5.91 Å². The van der Waals surface area contributed by atoms with Crippen LogP contribution in [-0.2, 0) is 6.42 Å². The summed E-state index contributed by atoms with van der Waals surface area (Å²) < 4.78 is 12.3. The standard InChI is InChI=1S/C27H26ClN3O3/c1-18-8-11-20(12-9-18)31-24(17-23(30-31)21-6-4-5-7-22(21)28)27(32)29-15-14-19-10-13-25(33-2)26(16-19)34-3/h4-13,16-17H,14-15H2,1-3H3,(H,29,32). The van der Waals surface area contributed by atoms with Crippen LogP contribution >= 0.6 is 11.6 Å². The zero-order valence-electron chi connectivity index (χ0n) is 19.3. The number of carbonyl (C=O) groups is 1. The van der Waals surface area contributed by atoms with Gasteiger partial charge in [-0.05, 0) is 55.3 Å². The fraction of sp³-hybridized carbons (Fsp3) is 0.185. The van der Waals surface area contributed by atoms with Crippen molar-refractivity contribution in [3.05, 3.63) is 94.6 Å². The zero-order chi connectivity index (χ0) is 24.1. The van der Waals surface area contributed by atoms with Crippen molar-refractivity contribution in [3.8, 4) is 28.4 Å². The summed E-state index contributed by atoms with van der Waals surface area (Å²) in [6, 6.07) is 22.8. The second-order valence-electron chi connectivity index (χ2n) is 7.84. The number of rotatable bonds is 8. The lowest BCUT2D eigenvalue weighted by Crippen LogP contribution is -2.27. The third-order valence-electron chi connectivity index (χ3n) is 5.52. The molecule has 0 unspecified atom stereocenters. The minimum atomic E-state index is -0.216. The average Bonchev–Trinajstić information content (AvgIpc) is 3.30. The lowest BCUT2D eigenvalue weighted by molar-refractivity contribution is 0.0946. The van der Waals surface area contributed by atoms with Gasteiger partial charge in [0.2, 0.25) is 0 Å². The molecule has 0 fully saturated rings. The molecule has 1 N–H and O–H groups in total. The number of benzene rings is 3. The van der Waals surface area contributed by atoms with E-state index in [0.29, 0.717) is 40.9 Å².